The van der Waals surface area contributed by atoms with Gasteiger partial charge in [-0.05, 0) is 36.2 Å². The van der Waals surface area contributed by atoms with Crippen LogP contribution in [0.4, 0.5) is 0 Å². The van der Waals surface area contributed by atoms with Crippen LogP contribution in [0.25, 0.3) is 0 Å². The molecule has 0 radical (unpaired) electrons. The Morgan fingerprint density at radius 1 is 0.929 bits per heavy atom. The van der Waals surface area contributed by atoms with Crippen molar-refractivity contribution in [3.05, 3.63) is 47.5 Å². The molecule has 0 spiro atoms. The van der Waals surface area contributed by atoms with Gasteiger partial charge in [0.05, 0.1) is 39.8 Å². The van der Waals surface area contributed by atoms with E-state index in [9.17, 15) is 4.79 Å². The Morgan fingerprint density at radius 2 is 1.57 bits per heavy atom. The standard InChI is InChI=1S/C21H25NO5S/c1-24-15-9-8-14(12-18(15)27-4)10-11-22-19(23)13-28-21(22)20-16(25-2)6-5-7-17(20)26-3/h5-9,12,21H,10-11,13H2,1-4H3. The summed E-state index contributed by atoms with van der Waals surface area (Å²) in [7, 11) is 6.50. The van der Waals surface area contributed by atoms with E-state index in [4.69, 9.17) is 18.9 Å². The molecule has 1 atom stereocenters. The Kier molecular flexibility index (Phi) is 6.57. The second-order valence-electron chi connectivity index (χ2n) is 6.27. The summed E-state index contributed by atoms with van der Waals surface area (Å²) in [6.07, 6.45) is 0.709. The maximum Gasteiger partial charge on any atom is 0.233 e. The fourth-order valence-corrected chi connectivity index (χ4v) is 4.61. The maximum absolute atomic E-state index is 12.6. The molecular formula is C21H25NO5S. The first-order valence-corrected chi connectivity index (χ1v) is 10.0. The number of carbonyl (C=O) groups excluding carboxylic acids is 1. The molecule has 0 aromatic heterocycles. The highest BCUT2D eigenvalue weighted by atomic mass is 32.2. The Morgan fingerprint density at radius 3 is 2.18 bits per heavy atom. The van der Waals surface area contributed by atoms with Crippen LogP contribution >= 0.6 is 11.8 Å². The second-order valence-corrected chi connectivity index (χ2v) is 7.33. The van der Waals surface area contributed by atoms with Crippen LogP contribution in [0.2, 0.25) is 0 Å². The largest absolute Gasteiger partial charge is 0.496 e. The van der Waals surface area contributed by atoms with E-state index in [1.165, 1.54) is 0 Å². The van der Waals surface area contributed by atoms with Crippen LogP contribution in [0.5, 0.6) is 23.0 Å². The molecule has 3 rings (SSSR count). The number of carbonyl (C=O) groups is 1. The van der Waals surface area contributed by atoms with E-state index in [0.717, 1.165) is 22.6 Å². The molecule has 0 N–H and O–H groups in total. The Bertz CT molecular complexity index is 819. The minimum Gasteiger partial charge on any atom is -0.496 e. The molecule has 0 saturated carbocycles. The number of ether oxygens (including phenoxy) is 4. The number of nitrogens with zero attached hydrogens (tertiary/aromatic N) is 1. The number of thioether (sulfide) groups is 1. The fourth-order valence-electron chi connectivity index (χ4n) is 3.34. The van der Waals surface area contributed by atoms with E-state index in [1.54, 1.807) is 40.2 Å². The predicted molar refractivity (Wildman–Crippen MR) is 110 cm³/mol. The highest BCUT2D eigenvalue weighted by molar-refractivity contribution is 8.00. The zero-order valence-corrected chi connectivity index (χ0v) is 17.4. The summed E-state index contributed by atoms with van der Waals surface area (Å²) in [5.41, 5.74) is 1.98. The summed E-state index contributed by atoms with van der Waals surface area (Å²) in [6, 6.07) is 11.5. The third-order valence-electron chi connectivity index (χ3n) is 4.77. The summed E-state index contributed by atoms with van der Waals surface area (Å²) in [4.78, 5) is 14.5. The number of methoxy groups -OCH3 is 4. The van der Waals surface area contributed by atoms with Crippen LogP contribution in [0, 0.1) is 0 Å². The summed E-state index contributed by atoms with van der Waals surface area (Å²) in [5.74, 6) is 3.38. The molecule has 1 heterocycles. The minimum absolute atomic E-state index is 0.114. The Balaban J connectivity index is 1.83. The molecule has 1 amide bonds. The molecule has 0 bridgehead atoms. The monoisotopic (exact) mass is 403 g/mol. The van der Waals surface area contributed by atoms with Crippen LogP contribution in [0.3, 0.4) is 0 Å². The minimum atomic E-state index is -0.140. The molecule has 2 aromatic rings. The number of amides is 1. The van der Waals surface area contributed by atoms with Crippen LogP contribution in [0.1, 0.15) is 16.5 Å². The number of benzene rings is 2. The van der Waals surface area contributed by atoms with E-state index in [0.29, 0.717) is 30.2 Å². The molecule has 2 aromatic carbocycles. The zero-order valence-electron chi connectivity index (χ0n) is 16.6. The predicted octanol–water partition coefficient (Wildman–Crippen LogP) is 3.54. The normalized spacial score (nSPS) is 16.2. The summed E-state index contributed by atoms with van der Waals surface area (Å²) in [5, 5.41) is -0.140. The van der Waals surface area contributed by atoms with E-state index in [2.05, 4.69) is 0 Å². The lowest BCUT2D eigenvalue weighted by Crippen LogP contribution is -2.30. The molecule has 1 aliphatic rings. The molecule has 1 unspecified atom stereocenters. The molecule has 150 valence electrons. The average molecular weight is 404 g/mol. The van der Waals surface area contributed by atoms with Crippen molar-refractivity contribution in [2.75, 3.05) is 40.7 Å². The van der Waals surface area contributed by atoms with E-state index in [1.807, 2.05) is 41.3 Å². The second kappa shape index (κ2) is 9.10. The van der Waals surface area contributed by atoms with Crippen molar-refractivity contribution >= 4 is 17.7 Å². The lowest BCUT2D eigenvalue weighted by atomic mass is 10.1. The van der Waals surface area contributed by atoms with Gasteiger partial charge in [-0.3, -0.25) is 4.79 Å². The number of hydrogen-bond donors (Lipinski definition) is 0. The van der Waals surface area contributed by atoms with Gasteiger partial charge >= 0.3 is 0 Å². The van der Waals surface area contributed by atoms with Crippen molar-refractivity contribution in [3.8, 4) is 23.0 Å². The van der Waals surface area contributed by atoms with Gasteiger partial charge < -0.3 is 23.8 Å². The van der Waals surface area contributed by atoms with E-state index >= 15 is 0 Å². The van der Waals surface area contributed by atoms with Crippen molar-refractivity contribution in [3.63, 3.8) is 0 Å². The van der Waals surface area contributed by atoms with Crippen LogP contribution in [-0.4, -0.2) is 51.5 Å². The van der Waals surface area contributed by atoms with Gasteiger partial charge in [0.2, 0.25) is 5.91 Å². The third kappa shape index (κ3) is 3.99. The van der Waals surface area contributed by atoms with Gasteiger partial charge in [0.15, 0.2) is 11.5 Å². The molecule has 1 fully saturated rings. The zero-order chi connectivity index (χ0) is 20.1. The van der Waals surface area contributed by atoms with Gasteiger partial charge in [-0.1, -0.05) is 12.1 Å². The quantitative estimate of drug-likeness (QED) is 0.672. The van der Waals surface area contributed by atoms with Crippen LogP contribution in [-0.2, 0) is 11.2 Å². The van der Waals surface area contributed by atoms with Crippen LogP contribution in [0.15, 0.2) is 36.4 Å². The third-order valence-corrected chi connectivity index (χ3v) is 5.99. The van der Waals surface area contributed by atoms with Crippen molar-refractivity contribution in [2.45, 2.75) is 11.8 Å². The Hall–Kier alpha value is -2.54. The summed E-state index contributed by atoms with van der Waals surface area (Å²) < 4.78 is 21.8. The first-order chi connectivity index (χ1) is 13.6. The van der Waals surface area contributed by atoms with Gasteiger partial charge in [0.1, 0.15) is 16.9 Å². The lowest BCUT2D eigenvalue weighted by Gasteiger charge is -2.27. The topological polar surface area (TPSA) is 57.2 Å². The molecule has 6 nitrogen and oxygen atoms in total. The maximum atomic E-state index is 12.6. The molecule has 1 saturated heterocycles. The molecule has 1 aliphatic heterocycles. The van der Waals surface area contributed by atoms with E-state index < -0.39 is 0 Å². The van der Waals surface area contributed by atoms with Crippen molar-refractivity contribution in [2.24, 2.45) is 0 Å². The summed E-state index contributed by atoms with van der Waals surface area (Å²) >= 11 is 1.59. The van der Waals surface area contributed by atoms with Gasteiger partial charge in [-0.15, -0.1) is 11.8 Å². The first kappa shape index (κ1) is 20.2. The molecular weight excluding hydrogens is 378 g/mol. The van der Waals surface area contributed by atoms with Gasteiger partial charge in [-0.2, -0.15) is 0 Å². The van der Waals surface area contributed by atoms with Gasteiger partial charge in [0, 0.05) is 6.54 Å². The van der Waals surface area contributed by atoms with Crippen molar-refractivity contribution in [1.82, 2.24) is 4.90 Å². The molecule has 28 heavy (non-hydrogen) atoms. The molecule has 0 aliphatic carbocycles. The Labute approximate surface area is 169 Å². The highest BCUT2D eigenvalue weighted by Crippen LogP contribution is 2.46. The lowest BCUT2D eigenvalue weighted by molar-refractivity contribution is -0.128. The van der Waals surface area contributed by atoms with Crippen molar-refractivity contribution in [1.29, 1.82) is 0 Å². The number of hydrogen-bond acceptors (Lipinski definition) is 6. The summed E-state index contributed by atoms with van der Waals surface area (Å²) in [6.45, 7) is 0.590. The van der Waals surface area contributed by atoms with E-state index in [-0.39, 0.29) is 11.3 Å². The van der Waals surface area contributed by atoms with Gasteiger partial charge in [0.25, 0.3) is 0 Å². The van der Waals surface area contributed by atoms with Gasteiger partial charge in [-0.25, -0.2) is 0 Å². The average Bonchev–Trinajstić information content (AvgIpc) is 3.11. The van der Waals surface area contributed by atoms with Crippen molar-refractivity contribution < 1.29 is 23.7 Å². The van der Waals surface area contributed by atoms with Crippen LogP contribution < -0.4 is 18.9 Å². The highest BCUT2D eigenvalue weighted by Gasteiger charge is 2.36. The fraction of sp³-hybridized carbons (Fsp3) is 0.381. The first-order valence-electron chi connectivity index (χ1n) is 8.95. The smallest absolute Gasteiger partial charge is 0.233 e. The molecule has 7 heteroatoms. The number of rotatable bonds is 8. The SMILES string of the molecule is COc1ccc(CCN2C(=O)CSC2c2c(OC)cccc2OC)cc1OC.